The maximum atomic E-state index is 11.6. The summed E-state index contributed by atoms with van der Waals surface area (Å²) in [7, 11) is -1.81. The molecule has 0 aromatic heterocycles. The Morgan fingerprint density at radius 3 is 2.53 bits per heavy atom. The van der Waals surface area contributed by atoms with E-state index in [1.54, 1.807) is 14.0 Å². The lowest BCUT2D eigenvalue weighted by atomic mass is 10.2. The lowest BCUT2D eigenvalue weighted by molar-refractivity contribution is 0.238. The van der Waals surface area contributed by atoms with Crippen LogP contribution >= 0.6 is 0 Å². The minimum Gasteiger partial charge on any atom is -0.396 e. The molecule has 0 aliphatic rings. The molecule has 1 atom stereocenters. The standard InChI is InChI=1S/C9H22N2O3S/c1-4-5-6-11(3)15(13,14)10-7-9(2)8-12/h9-10,12H,4-8H2,1-3H3. The number of rotatable bonds is 8. The van der Waals surface area contributed by atoms with Crippen molar-refractivity contribution >= 4 is 10.2 Å². The van der Waals surface area contributed by atoms with Crippen molar-refractivity contribution in [2.45, 2.75) is 26.7 Å². The van der Waals surface area contributed by atoms with Crippen molar-refractivity contribution in [2.24, 2.45) is 5.92 Å². The molecule has 15 heavy (non-hydrogen) atoms. The first-order valence-electron chi connectivity index (χ1n) is 5.25. The number of aliphatic hydroxyl groups is 1. The van der Waals surface area contributed by atoms with Gasteiger partial charge in [0, 0.05) is 26.7 Å². The smallest absolute Gasteiger partial charge is 0.279 e. The van der Waals surface area contributed by atoms with Crippen LogP contribution in [0.3, 0.4) is 0 Å². The molecule has 5 nitrogen and oxygen atoms in total. The van der Waals surface area contributed by atoms with Crippen molar-refractivity contribution in [3.63, 3.8) is 0 Å². The van der Waals surface area contributed by atoms with E-state index in [2.05, 4.69) is 4.72 Å². The first-order chi connectivity index (χ1) is 6.94. The Hall–Kier alpha value is -0.170. The van der Waals surface area contributed by atoms with E-state index in [0.717, 1.165) is 12.8 Å². The molecule has 0 bridgehead atoms. The quantitative estimate of drug-likeness (QED) is 0.634. The van der Waals surface area contributed by atoms with E-state index >= 15 is 0 Å². The minimum atomic E-state index is -3.37. The van der Waals surface area contributed by atoms with Gasteiger partial charge in [0.05, 0.1) is 0 Å². The SMILES string of the molecule is CCCCN(C)S(=O)(=O)NCC(C)CO. The second-order valence-electron chi connectivity index (χ2n) is 3.82. The minimum absolute atomic E-state index is 0.0127. The molecule has 0 radical (unpaired) electrons. The van der Waals surface area contributed by atoms with Gasteiger partial charge in [-0.1, -0.05) is 20.3 Å². The van der Waals surface area contributed by atoms with E-state index in [-0.39, 0.29) is 19.1 Å². The summed E-state index contributed by atoms with van der Waals surface area (Å²) >= 11 is 0. The summed E-state index contributed by atoms with van der Waals surface area (Å²) in [4.78, 5) is 0. The van der Waals surface area contributed by atoms with Crippen LogP contribution in [0.1, 0.15) is 26.7 Å². The molecule has 6 heteroatoms. The fourth-order valence-electron chi connectivity index (χ4n) is 0.923. The van der Waals surface area contributed by atoms with Gasteiger partial charge in [0.2, 0.25) is 0 Å². The second kappa shape index (κ2) is 7.16. The molecular weight excluding hydrogens is 216 g/mol. The zero-order valence-corrected chi connectivity index (χ0v) is 10.5. The Labute approximate surface area is 92.7 Å². The maximum absolute atomic E-state index is 11.6. The average Bonchev–Trinajstić information content (AvgIpc) is 2.22. The van der Waals surface area contributed by atoms with Gasteiger partial charge in [-0.2, -0.15) is 12.7 Å². The highest BCUT2D eigenvalue weighted by Crippen LogP contribution is 1.99. The third kappa shape index (κ3) is 6.09. The molecule has 0 aromatic rings. The molecule has 0 aliphatic carbocycles. The van der Waals surface area contributed by atoms with Crippen LogP contribution < -0.4 is 4.72 Å². The Morgan fingerprint density at radius 2 is 2.07 bits per heavy atom. The summed E-state index contributed by atoms with van der Waals surface area (Å²) in [5.41, 5.74) is 0. The highest BCUT2D eigenvalue weighted by Gasteiger charge is 2.16. The van der Waals surface area contributed by atoms with Crippen LogP contribution in [0.25, 0.3) is 0 Å². The van der Waals surface area contributed by atoms with Crippen LogP contribution in [0.2, 0.25) is 0 Å². The van der Waals surface area contributed by atoms with Crippen molar-refractivity contribution in [2.75, 3.05) is 26.7 Å². The predicted molar refractivity (Wildman–Crippen MR) is 60.7 cm³/mol. The van der Waals surface area contributed by atoms with Crippen molar-refractivity contribution in [1.29, 1.82) is 0 Å². The fourth-order valence-corrected chi connectivity index (χ4v) is 2.01. The van der Waals surface area contributed by atoms with Gasteiger partial charge in [0.1, 0.15) is 0 Å². The Morgan fingerprint density at radius 1 is 1.47 bits per heavy atom. The molecule has 2 N–H and O–H groups in total. The number of nitrogens with zero attached hydrogens (tertiary/aromatic N) is 1. The number of aliphatic hydroxyl groups excluding tert-OH is 1. The zero-order valence-electron chi connectivity index (χ0n) is 9.73. The highest BCUT2D eigenvalue weighted by molar-refractivity contribution is 7.87. The van der Waals surface area contributed by atoms with E-state index in [0.29, 0.717) is 6.54 Å². The number of hydrogen-bond donors (Lipinski definition) is 2. The Bertz CT molecular complexity index is 254. The number of hydrogen-bond acceptors (Lipinski definition) is 3. The largest absolute Gasteiger partial charge is 0.396 e. The topological polar surface area (TPSA) is 69.6 Å². The Kier molecular flexibility index (Phi) is 7.08. The molecule has 1 unspecified atom stereocenters. The van der Waals surface area contributed by atoms with Crippen LogP contribution in [-0.2, 0) is 10.2 Å². The molecule has 0 fully saturated rings. The number of nitrogens with one attached hydrogen (secondary N) is 1. The summed E-state index contributed by atoms with van der Waals surface area (Å²) in [5, 5.41) is 8.76. The first kappa shape index (κ1) is 14.8. The van der Waals surface area contributed by atoms with Crippen LogP contribution in [-0.4, -0.2) is 44.6 Å². The van der Waals surface area contributed by atoms with Crippen LogP contribution in [0, 0.1) is 5.92 Å². The summed E-state index contributed by atoms with van der Waals surface area (Å²) in [6.45, 7) is 4.59. The summed E-state index contributed by atoms with van der Waals surface area (Å²) in [5.74, 6) is -0.0562. The summed E-state index contributed by atoms with van der Waals surface area (Å²) in [6.07, 6.45) is 1.82. The highest BCUT2D eigenvalue weighted by atomic mass is 32.2. The second-order valence-corrected chi connectivity index (χ2v) is 5.68. The molecule has 0 spiro atoms. The molecule has 0 rings (SSSR count). The van der Waals surface area contributed by atoms with Gasteiger partial charge in [-0.05, 0) is 12.3 Å². The summed E-state index contributed by atoms with van der Waals surface area (Å²) in [6, 6.07) is 0. The van der Waals surface area contributed by atoms with Gasteiger partial charge in [-0.3, -0.25) is 0 Å². The lowest BCUT2D eigenvalue weighted by Crippen LogP contribution is -2.40. The zero-order chi connectivity index (χ0) is 11.9. The first-order valence-corrected chi connectivity index (χ1v) is 6.69. The molecule has 0 aromatic carbocycles. The van der Waals surface area contributed by atoms with Gasteiger partial charge in [0.15, 0.2) is 0 Å². The molecule has 0 aliphatic heterocycles. The van der Waals surface area contributed by atoms with E-state index in [4.69, 9.17) is 5.11 Å². The van der Waals surface area contributed by atoms with Crippen molar-refractivity contribution < 1.29 is 13.5 Å². The molecule has 0 heterocycles. The van der Waals surface area contributed by atoms with Crippen molar-refractivity contribution in [1.82, 2.24) is 9.03 Å². The van der Waals surface area contributed by atoms with E-state index in [1.807, 2.05) is 6.92 Å². The van der Waals surface area contributed by atoms with Crippen LogP contribution in [0.5, 0.6) is 0 Å². The molecular formula is C9H22N2O3S. The average molecular weight is 238 g/mol. The van der Waals surface area contributed by atoms with Gasteiger partial charge >= 0.3 is 0 Å². The third-order valence-electron chi connectivity index (χ3n) is 2.16. The van der Waals surface area contributed by atoms with Gasteiger partial charge in [-0.15, -0.1) is 0 Å². The third-order valence-corrected chi connectivity index (χ3v) is 3.70. The molecule has 0 saturated carbocycles. The van der Waals surface area contributed by atoms with Gasteiger partial charge < -0.3 is 5.11 Å². The van der Waals surface area contributed by atoms with Crippen LogP contribution in [0.15, 0.2) is 0 Å². The van der Waals surface area contributed by atoms with Gasteiger partial charge in [-0.25, -0.2) is 4.72 Å². The van der Waals surface area contributed by atoms with Crippen LogP contribution in [0.4, 0.5) is 0 Å². The summed E-state index contributed by atoms with van der Waals surface area (Å²) < 4.78 is 26.9. The van der Waals surface area contributed by atoms with Crippen molar-refractivity contribution in [3.8, 4) is 0 Å². The molecule has 0 saturated heterocycles. The maximum Gasteiger partial charge on any atom is 0.279 e. The predicted octanol–water partition coefficient (Wildman–Crippen LogP) is 0.181. The molecule has 0 amide bonds. The Balaban J connectivity index is 4.05. The molecule has 92 valence electrons. The van der Waals surface area contributed by atoms with E-state index in [9.17, 15) is 8.42 Å². The number of unbranched alkanes of at least 4 members (excludes halogenated alkanes) is 1. The van der Waals surface area contributed by atoms with Gasteiger partial charge in [0.25, 0.3) is 10.2 Å². The van der Waals surface area contributed by atoms with E-state index < -0.39 is 10.2 Å². The monoisotopic (exact) mass is 238 g/mol. The lowest BCUT2D eigenvalue weighted by Gasteiger charge is -2.18. The normalized spacial score (nSPS) is 14.5. The van der Waals surface area contributed by atoms with Crippen molar-refractivity contribution in [3.05, 3.63) is 0 Å². The fraction of sp³-hybridized carbons (Fsp3) is 1.00. The van der Waals surface area contributed by atoms with E-state index in [1.165, 1.54) is 4.31 Å².